The third kappa shape index (κ3) is 2.44. The highest BCUT2D eigenvalue weighted by Gasteiger charge is 2.25. The third-order valence-electron chi connectivity index (χ3n) is 3.26. The van der Waals surface area contributed by atoms with E-state index in [-0.39, 0.29) is 22.8 Å². The first-order valence-electron chi connectivity index (χ1n) is 6.47. The Morgan fingerprint density at radius 1 is 1.39 bits per heavy atom. The van der Waals surface area contributed by atoms with Crippen LogP contribution in [0.15, 0.2) is 41.0 Å². The number of aromatic carboxylic acids is 1. The van der Waals surface area contributed by atoms with Crippen molar-refractivity contribution < 1.29 is 19.2 Å². The number of carboxylic acids is 1. The maximum atomic E-state index is 11.4. The van der Waals surface area contributed by atoms with Crippen LogP contribution in [0.1, 0.15) is 16.1 Å². The summed E-state index contributed by atoms with van der Waals surface area (Å²) >= 11 is 0. The van der Waals surface area contributed by atoms with Gasteiger partial charge in [-0.05, 0) is 24.6 Å². The van der Waals surface area contributed by atoms with E-state index >= 15 is 0 Å². The number of rotatable bonds is 4. The van der Waals surface area contributed by atoms with E-state index in [0.29, 0.717) is 11.3 Å². The predicted molar refractivity (Wildman–Crippen MR) is 77.4 cm³/mol. The van der Waals surface area contributed by atoms with E-state index in [9.17, 15) is 20.0 Å². The third-order valence-corrected chi connectivity index (χ3v) is 3.26. The van der Waals surface area contributed by atoms with Crippen molar-refractivity contribution >= 4 is 11.7 Å². The monoisotopic (exact) mass is 314 g/mol. The Kier molecular flexibility index (Phi) is 3.37. The lowest BCUT2D eigenvalue weighted by atomic mass is 10.1. The van der Waals surface area contributed by atoms with Crippen molar-refractivity contribution in [2.24, 2.45) is 0 Å². The molecule has 0 radical (unpaired) electrons. The molecule has 9 nitrogen and oxygen atoms in total. The van der Waals surface area contributed by atoms with E-state index in [2.05, 4.69) is 10.3 Å². The topological polar surface area (TPSA) is 124 Å². The van der Waals surface area contributed by atoms with E-state index in [0.717, 1.165) is 0 Å². The molecule has 0 amide bonds. The van der Waals surface area contributed by atoms with Gasteiger partial charge >= 0.3 is 5.97 Å². The zero-order chi connectivity index (χ0) is 16.6. The Morgan fingerprint density at radius 2 is 2.17 bits per heavy atom. The Labute approximate surface area is 128 Å². The van der Waals surface area contributed by atoms with Crippen LogP contribution in [0.5, 0.6) is 0 Å². The number of nitro benzene ring substituents is 1. The van der Waals surface area contributed by atoms with Crippen molar-refractivity contribution in [2.75, 3.05) is 0 Å². The number of hydrogen-bond donors (Lipinski definition) is 1. The predicted octanol–water partition coefficient (Wildman–Crippen LogP) is 2.44. The van der Waals surface area contributed by atoms with E-state index < -0.39 is 10.9 Å². The average molecular weight is 314 g/mol. The minimum atomic E-state index is -1.27. The van der Waals surface area contributed by atoms with E-state index in [4.69, 9.17) is 4.42 Å². The van der Waals surface area contributed by atoms with Gasteiger partial charge in [0.2, 0.25) is 5.69 Å². The first kappa shape index (κ1) is 14.4. The van der Waals surface area contributed by atoms with Gasteiger partial charge in [0.15, 0.2) is 5.76 Å². The first-order chi connectivity index (χ1) is 11.0. The van der Waals surface area contributed by atoms with E-state index in [1.165, 1.54) is 23.1 Å². The van der Waals surface area contributed by atoms with Crippen molar-refractivity contribution in [3.8, 4) is 17.1 Å². The van der Waals surface area contributed by atoms with Gasteiger partial charge in [0.05, 0.1) is 16.9 Å². The van der Waals surface area contributed by atoms with E-state index in [1.807, 2.05) is 0 Å². The van der Waals surface area contributed by atoms with E-state index in [1.54, 1.807) is 25.1 Å². The quantitative estimate of drug-likeness (QED) is 0.579. The maximum Gasteiger partial charge on any atom is 0.358 e. The molecular weight excluding hydrogens is 304 g/mol. The van der Waals surface area contributed by atoms with Crippen LogP contribution in [0.25, 0.3) is 17.1 Å². The molecule has 1 N–H and O–H groups in total. The number of non-ortho nitro benzene ring substituents is 1. The lowest BCUT2D eigenvalue weighted by Crippen LogP contribution is -2.04. The first-order valence-corrected chi connectivity index (χ1v) is 6.47. The second-order valence-corrected chi connectivity index (χ2v) is 4.71. The van der Waals surface area contributed by atoms with Gasteiger partial charge in [0, 0.05) is 12.1 Å². The number of hydrogen-bond acceptors (Lipinski definition) is 6. The smallest absolute Gasteiger partial charge is 0.358 e. The lowest BCUT2D eigenvalue weighted by molar-refractivity contribution is -0.384. The maximum absolute atomic E-state index is 11.4. The summed E-state index contributed by atoms with van der Waals surface area (Å²) in [4.78, 5) is 21.8. The van der Waals surface area contributed by atoms with Gasteiger partial charge in [-0.15, -0.1) is 5.10 Å². The minimum absolute atomic E-state index is 0.117. The van der Waals surface area contributed by atoms with Gasteiger partial charge in [-0.3, -0.25) is 10.1 Å². The van der Waals surface area contributed by atoms with Gasteiger partial charge in [-0.25, -0.2) is 9.48 Å². The number of carboxylic acid groups (broad SMARTS) is 1. The summed E-state index contributed by atoms with van der Waals surface area (Å²) in [6, 6.07) is 7.39. The molecule has 0 fully saturated rings. The summed E-state index contributed by atoms with van der Waals surface area (Å²) in [5, 5.41) is 27.7. The van der Waals surface area contributed by atoms with Gasteiger partial charge in [-0.2, -0.15) is 0 Å². The number of furan rings is 1. The van der Waals surface area contributed by atoms with Gasteiger partial charge in [0.1, 0.15) is 5.69 Å². The lowest BCUT2D eigenvalue weighted by Gasteiger charge is -2.08. The molecule has 0 saturated heterocycles. The Hall–Kier alpha value is -3.49. The fourth-order valence-corrected chi connectivity index (χ4v) is 2.17. The molecule has 0 aliphatic carbocycles. The normalized spacial score (nSPS) is 10.7. The molecule has 0 aliphatic heterocycles. The number of aromatic nitrogens is 3. The number of nitrogens with zero attached hydrogens (tertiary/aromatic N) is 4. The molecule has 9 heteroatoms. The molecule has 0 atom stereocenters. The number of benzene rings is 1. The van der Waals surface area contributed by atoms with Crippen LogP contribution in [-0.2, 0) is 0 Å². The summed E-state index contributed by atoms with van der Waals surface area (Å²) in [6.45, 7) is 1.73. The fourth-order valence-electron chi connectivity index (χ4n) is 2.17. The van der Waals surface area contributed by atoms with Crippen molar-refractivity contribution in [2.45, 2.75) is 6.92 Å². The summed E-state index contributed by atoms with van der Waals surface area (Å²) in [5.41, 5.74) is 0.705. The fraction of sp³-hybridized carbons (Fsp3) is 0.0714. The molecule has 0 bridgehead atoms. The van der Waals surface area contributed by atoms with Crippen LogP contribution in [-0.4, -0.2) is 31.0 Å². The highest BCUT2D eigenvalue weighted by Crippen LogP contribution is 2.28. The molecule has 0 aliphatic rings. The number of carbonyl (C=O) groups is 1. The summed E-state index contributed by atoms with van der Waals surface area (Å²) in [7, 11) is 0. The van der Waals surface area contributed by atoms with Crippen LogP contribution in [0.4, 0.5) is 5.69 Å². The summed E-state index contributed by atoms with van der Waals surface area (Å²) in [5.74, 6) is -1.02. The summed E-state index contributed by atoms with van der Waals surface area (Å²) in [6.07, 6.45) is 1.39. The molecule has 0 unspecified atom stereocenters. The zero-order valence-electron chi connectivity index (χ0n) is 11.8. The van der Waals surface area contributed by atoms with Gasteiger partial charge in [-0.1, -0.05) is 11.3 Å². The number of nitro groups is 1. The van der Waals surface area contributed by atoms with Gasteiger partial charge < -0.3 is 9.52 Å². The highest BCUT2D eigenvalue weighted by atomic mass is 16.6. The molecule has 0 spiro atoms. The molecule has 2 heterocycles. The Bertz CT molecular complexity index is 898. The molecule has 0 saturated carbocycles. The largest absolute Gasteiger partial charge is 0.476 e. The second kappa shape index (κ2) is 5.37. The van der Waals surface area contributed by atoms with Crippen LogP contribution in [0, 0.1) is 17.0 Å². The van der Waals surface area contributed by atoms with Crippen molar-refractivity contribution in [3.05, 3.63) is 58.0 Å². The van der Waals surface area contributed by atoms with Crippen molar-refractivity contribution in [3.63, 3.8) is 0 Å². The van der Waals surface area contributed by atoms with Crippen molar-refractivity contribution in [1.29, 1.82) is 0 Å². The molecule has 116 valence electrons. The van der Waals surface area contributed by atoms with Crippen LogP contribution >= 0.6 is 0 Å². The molecule has 3 aromatic rings. The molecule has 2 aromatic heterocycles. The Balaban J connectivity index is 2.28. The van der Waals surface area contributed by atoms with Crippen LogP contribution < -0.4 is 0 Å². The summed E-state index contributed by atoms with van der Waals surface area (Å²) < 4.78 is 6.48. The second-order valence-electron chi connectivity index (χ2n) is 4.71. The highest BCUT2D eigenvalue weighted by molar-refractivity contribution is 5.92. The Morgan fingerprint density at radius 3 is 2.78 bits per heavy atom. The zero-order valence-corrected chi connectivity index (χ0v) is 11.8. The minimum Gasteiger partial charge on any atom is -0.476 e. The molecular formula is C14H10N4O5. The standard InChI is InChI=1S/C14H10N4O5/c1-8-4-5-9(18(21)22)7-10(8)17-13(11-3-2-6-23-11)12(14(19)20)15-16-17/h2-7H,1H3,(H,19,20). The SMILES string of the molecule is Cc1ccc([N+](=O)[O-])cc1-n1nnc(C(=O)O)c1-c1ccco1. The number of aryl methyl sites for hydroxylation is 1. The molecule has 23 heavy (non-hydrogen) atoms. The molecule has 3 rings (SSSR count). The van der Waals surface area contributed by atoms with Crippen molar-refractivity contribution in [1.82, 2.24) is 15.0 Å². The molecule has 1 aromatic carbocycles. The van der Waals surface area contributed by atoms with Gasteiger partial charge in [0.25, 0.3) is 5.69 Å². The van der Waals surface area contributed by atoms with Crippen LogP contribution in [0.2, 0.25) is 0 Å². The average Bonchev–Trinajstić information content (AvgIpc) is 3.16. The van der Waals surface area contributed by atoms with Crippen LogP contribution in [0.3, 0.4) is 0 Å².